The second-order valence-electron chi connectivity index (χ2n) is 5.82. The van der Waals surface area contributed by atoms with Gasteiger partial charge in [-0.25, -0.2) is 5.43 Å². The van der Waals surface area contributed by atoms with Crippen molar-refractivity contribution >= 4 is 27.5 Å². The summed E-state index contributed by atoms with van der Waals surface area (Å²) in [6, 6.07) is 7.94. The predicted molar refractivity (Wildman–Crippen MR) is 83.4 cm³/mol. The fraction of sp³-hybridized carbons (Fsp3) is 0.500. The molecule has 0 heterocycles. The summed E-state index contributed by atoms with van der Waals surface area (Å²) in [4.78, 5) is 12.1. The van der Waals surface area contributed by atoms with Crippen LogP contribution in [-0.4, -0.2) is 11.6 Å². The van der Waals surface area contributed by atoms with Gasteiger partial charge in [0, 0.05) is 10.4 Å². The first kappa shape index (κ1) is 13.8. The third-order valence-corrected chi connectivity index (χ3v) is 5.08. The Bertz CT molecular complexity index is 526. The molecule has 0 aliphatic heterocycles. The Balaban J connectivity index is 1.59. The highest BCUT2D eigenvalue weighted by Crippen LogP contribution is 2.55. The Hall–Kier alpha value is -1.16. The molecule has 3 rings (SSSR count). The van der Waals surface area contributed by atoms with E-state index in [0.29, 0.717) is 11.8 Å². The van der Waals surface area contributed by atoms with Crippen molar-refractivity contribution in [3.8, 4) is 0 Å². The first-order chi connectivity index (χ1) is 9.66. The van der Waals surface area contributed by atoms with Gasteiger partial charge in [0.05, 0.1) is 5.71 Å². The molecule has 4 heteroatoms. The van der Waals surface area contributed by atoms with E-state index < -0.39 is 0 Å². The molecule has 0 aromatic heterocycles. The number of amides is 1. The van der Waals surface area contributed by atoms with Crippen LogP contribution in [0.4, 0.5) is 0 Å². The molecule has 3 nitrogen and oxygen atoms in total. The van der Waals surface area contributed by atoms with Gasteiger partial charge in [0.2, 0.25) is 5.91 Å². The zero-order chi connectivity index (χ0) is 14.1. The highest BCUT2D eigenvalue weighted by molar-refractivity contribution is 9.10. The zero-order valence-corrected chi connectivity index (χ0v) is 13.2. The number of nitrogens with one attached hydrogen (secondary N) is 1. The van der Waals surface area contributed by atoms with Gasteiger partial charge in [-0.2, -0.15) is 5.10 Å². The van der Waals surface area contributed by atoms with Crippen molar-refractivity contribution in [2.75, 3.05) is 0 Å². The molecular formula is C16H19BrN2O. The Kier molecular flexibility index (Phi) is 3.92. The highest BCUT2D eigenvalue weighted by Gasteiger charge is 2.54. The first-order valence-electron chi connectivity index (χ1n) is 7.27. The fourth-order valence-corrected chi connectivity index (χ4v) is 3.61. The van der Waals surface area contributed by atoms with Crippen LogP contribution in [0.3, 0.4) is 0 Å². The number of carbonyl (C=O) groups excluding carboxylic acids is 1. The van der Waals surface area contributed by atoms with Crippen LogP contribution < -0.4 is 5.43 Å². The van der Waals surface area contributed by atoms with Gasteiger partial charge in [-0.15, -0.1) is 0 Å². The summed E-state index contributed by atoms with van der Waals surface area (Å²) >= 11 is 3.41. The van der Waals surface area contributed by atoms with Crippen LogP contribution in [0.15, 0.2) is 33.8 Å². The average molecular weight is 335 g/mol. The smallest absolute Gasteiger partial charge is 0.243 e. The molecule has 1 aromatic carbocycles. The zero-order valence-electron chi connectivity index (χ0n) is 11.6. The standard InChI is InChI=1S/C16H19BrN2O/c1-10(11-6-8-12(17)9-7-11)18-19-16(20)15-13-4-2-3-5-14(13)15/h6-9,13-15H,2-5H2,1H3,(H,19,20)/b18-10-/t13-,14-/m1/s1. The average Bonchev–Trinajstić information content (AvgIpc) is 3.19. The van der Waals surface area contributed by atoms with E-state index in [9.17, 15) is 4.79 Å². The lowest BCUT2D eigenvalue weighted by molar-refractivity contribution is -0.122. The predicted octanol–water partition coefficient (Wildman–Crippen LogP) is 3.73. The van der Waals surface area contributed by atoms with Crippen molar-refractivity contribution in [3.63, 3.8) is 0 Å². The van der Waals surface area contributed by atoms with E-state index >= 15 is 0 Å². The normalized spacial score (nSPS) is 28.7. The maximum absolute atomic E-state index is 12.1. The summed E-state index contributed by atoms with van der Waals surface area (Å²) in [5.74, 6) is 1.59. The third kappa shape index (κ3) is 2.80. The Morgan fingerprint density at radius 1 is 1.20 bits per heavy atom. The van der Waals surface area contributed by atoms with E-state index in [2.05, 4.69) is 26.5 Å². The molecule has 2 atom stereocenters. The molecule has 2 saturated carbocycles. The molecule has 2 fully saturated rings. The molecule has 2 aliphatic carbocycles. The van der Waals surface area contributed by atoms with E-state index in [1.54, 1.807) is 0 Å². The minimum atomic E-state index is 0.110. The lowest BCUT2D eigenvalue weighted by atomic mass is 10.0. The number of halogens is 1. The number of carbonyl (C=O) groups is 1. The number of hydrogen-bond acceptors (Lipinski definition) is 2. The summed E-state index contributed by atoms with van der Waals surface area (Å²) in [6.07, 6.45) is 5.01. The van der Waals surface area contributed by atoms with E-state index in [1.807, 2.05) is 31.2 Å². The van der Waals surface area contributed by atoms with Crippen molar-refractivity contribution in [1.82, 2.24) is 5.43 Å². The van der Waals surface area contributed by atoms with Crippen LogP contribution in [0.2, 0.25) is 0 Å². The summed E-state index contributed by atoms with van der Waals surface area (Å²) in [5.41, 5.74) is 4.62. The maximum Gasteiger partial charge on any atom is 0.243 e. The summed E-state index contributed by atoms with van der Waals surface area (Å²) in [6.45, 7) is 1.92. The van der Waals surface area contributed by atoms with Gasteiger partial charge in [-0.05, 0) is 49.3 Å². The van der Waals surface area contributed by atoms with Gasteiger partial charge in [-0.1, -0.05) is 40.9 Å². The van der Waals surface area contributed by atoms with Crippen LogP contribution in [0.5, 0.6) is 0 Å². The van der Waals surface area contributed by atoms with E-state index in [0.717, 1.165) is 15.7 Å². The molecule has 1 aromatic rings. The lowest BCUT2D eigenvalue weighted by Crippen LogP contribution is -2.22. The Labute approximate surface area is 128 Å². The van der Waals surface area contributed by atoms with Gasteiger partial charge in [0.25, 0.3) is 0 Å². The molecule has 1 amide bonds. The monoisotopic (exact) mass is 334 g/mol. The molecule has 2 aliphatic rings. The quantitative estimate of drug-likeness (QED) is 0.664. The second kappa shape index (κ2) is 5.68. The van der Waals surface area contributed by atoms with Crippen molar-refractivity contribution in [2.45, 2.75) is 32.6 Å². The van der Waals surface area contributed by atoms with Gasteiger partial charge < -0.3 is 0 Å². The van der Waals surface area contributed by atoms with Gasteiger partial charge in [0.15, 0.2) is 0 Å². The minimum Gasteiger partial charge on any atom is -0.273 e. The van der Waals surface area contributed by atoms with Crippen LogP contribution in [-0.2, 0) is 4.79 Å². The van der Waals surface area contributed by atoms with E-state index in [1.165, 1.54) is 25.7 Å². The van der Waals surface area contributed by atoms with Crippen molar-refractivity contribution in [3.05, 3.63) is 34.3 Å². The highest BCUT2D eigenvalue weighted by atomic mass is 79.9. The number of rotatable bonds is 3. The summed E-state index contributed by atoms with van der Waals surface area (Å²) in [5, 5.41) is 4.24. The van der Waals surface area contributed by atoms with Crippen LogP contribution in [0, 0.1) is 17.8 Å². The SMILES string of the molecule is C/C(=N/NC(=O)C1[C@@H]2CCCC[C@@H]12)c1ccc(Br)cc1. The summed E-state index contributed by atoms with van der Waals surface area (Å²) in [7, 11) is 0. The Morgan fingerprint density at radius 3 is 2.40 bits per heavy atom. The minimum absolute atomic E-state index is 0.110. The van der Waals surface area contributed by atoms with Gasteiger partial charge in [0.1, 0.15) is 0 Å². The number of hydrazone groups is 1. The van der Waals surface area contributed by atoms with Crippen molar-refractivity contribution < 1.29 is 4.79 Å². The van der Waals surface area contributed by atoms with E-state index in [-0.39, 0.29) is 11.8 Å². The molecule has 0 saturated heterocycles. The number of nitrogens with zero attached hydrogens (tertiary/aromatic N) is 1. The van der Waals surface area contributed by atoms with Crippen LogP contribution in [0.1, 0.15) is 38.2 Å². The van der Waals surface area contributed by atoms with Crippen molar-refractivity contribution in [2.24, 2.45) is 22.9 Å². The van der Waals surface area contributed by atoms with Crippen LogP contribution >= 0.6 is 15.9 Å². The number of hydrogen-bond donors (Lipinski definition) is 1. The maximum atomic E-state index is 12.1. The topological polar surface area (TPSA) is 41.5 Å². The van der Waals surface area contributed by atoms with Crippen molar-refractivity contribution in [1.29, 1.82) is 0 Å². The fourth-order valence-electron chi connectivity index (χ4n) is 3.35. The molecule has 20 heavy (non-hydrogen) atoms. The lowest BCUT2D eigenvalue weighted by Gasteiger charge is -2.04. The van der Waals surface area contributed by atoms with Gasteiger partial charge >= 0.3 is 0 Å². The largest absolute Gasteiger partial charge is 0.273 e. The number of benzene rings is 1. The van der Waals surface area contributed by atoms with Gasteiger partial charge in [-0.3, -0.25) is 4.79 Å². The molecule has 106 valence electrons. The molecule has 0 radical (unpaired) electrons. The molecule has 0 spiro atoms. The Morgan fingerprint density at radius 2 is 1.80 bits per heavy atom. The summed E-state index contributed by atoms with van der Waals surface area (Å²) < 4.78 is 1.04. The first-order valence-corrected chi connectivity index (χ1v) is 8.06. The third-order valence-electron chi connectivity index (χ3n) is 4.56. The molecule has 0 unspecified atom stereocenters. The molecule has 1 N–H and O–H groups in total. The second-order valence-corrected chi connectivity index (χ2v) is 6.73. The molecular weight excluding hydrogens is 316 g/mol. The molecule has 0 bridgehead atoms. The van der Waals surface area contributed by atoms with E-state index in [4.69, 9.17) is 0 Å². The number of fused-ring (bicyclic) bond motifs is 1. The van der Waals surface area contributed by atoms with Crippen LogP contribution in [0.25, 0.3) is 0 Å².